The summed E-state index contributed by atoms with van der Waals surface area (Å²) in [6.45, 7) is 9.51. The molecule has 2 N–H and O–H groups in total. The van der Waals surface area contributed by atoms with Gasteiger partial charge in [-0.05, 0) is 62.2 Å². The number of carbonyl (C=O) groups excluding carboxylic acids is 4. The number of rotatable bonds is 8. The molecular formula is C36H44BrN5O7. The minimum Gasteiger partial charge on any atom is -0.488 e. The maximum Gasteiger partial charge on any atom is 0.410 e. The number of aliphatic hydroxyl groups is 1. The molecule has 0 radical (unpaired) electrons. The van der Waals surface area contributed by atoms with Crippen molar-refractivity contribution < 1.29 is 33.8 Å². The Hall–Kier alpha value is -4.20. The van der Waals surface area contributed by atoms with E-state index in [1.165, 1.54) is 11.9 Å². The van der Waals surface area contributed by atoms with Crippen molar-refractivity contribution in [2.45, 2.75) is 51.9 Å². The Bertz CT molecular complexity index is 1720. The lowest BCUT2D eigenvalue weighted by Gasteiger charge is -2.34. The number of para-hydroxylation sites is 1. The predicted octanol–water partition coefficient (Wildman–Crippen LogP) is 4.02. The maximum atomic E-state index is 14.4. The van der Waals surface area contributed by atoms with E-state index in [4.69, 9.17) is 9.47 Å². The summed E-state index contributed by atoms with van der Waals surface area (Å²) in [5, 5.41) is 14.1. The number of benzene rings is 3. The number of hydrogen-bond acceptors (Lipinski definition) is 8. The summed E-state index contributed by atoms with van der Waals surface area (Å²) in [6, 6.07) is 14.8. The van der Waals surface area contributed by atoms with Crippen LogP contribution in [0.2, 0.25) is 0 Å². The number of nitrogens with zero attached hydrogens (tertiary/aromatic N) is 4. The van der Waals surface area contributed by atoms with Gasteiger partial charge < -0.3 is 29.7 Å². The van der Waals surface area contributed by atoms with Gasteiger partial charge in [-0.25, -0.2) is 4.79 Å². The van der Waals surface area contributed by atoms with Gasteiger partial charge in [0.15, 0.2) is 5.75 Å². The minimum atomic E-state index is -1.12. The average molecular weight is 739 g/mol. The van der Waals surface area contributed by atoms with Gasteiger partial charge in [0.1, 0.15) is 24.3 Å². The number of aliphatic hydroxyl groups excluding tert-OH is 1. The van der Waals surface area contributed by atoms with Crippen molar-refractivity contribution in [3.8, 4) is 5.75 Å². The Morgan fingerprint density at radius 2 is 1.73 bits per heavy atom. The second-order valence-electron chi connectivity index (χ2n) is 13.3. The molecule has 262 valence electrons. The summed E-state index contributed by atoms with van der Waals surface area (Å²) in [5.41, 5.74) is 0.840. The molecule has 0 unspecified atom stereocenters. The summed E-state index contributed by atoms with van der Waals surface area (Å²) in [6.07, 6.45) is -0.671. The van der Waals surface area contributed by atoms with Crippen LogP contribution in [0.3, 0.4) is 0 Å². The normalized spacial score (nSPS) is 17.5. The van der Waals surface area contributed by atoms with Crippen molar-refractivity contribution in [1.82, 2.24) is 20.0 Å². The topological polar surface area (TPSA) is 132 Å². The molecule has 0 aromatic heterocycles. The summed E-state index contributed by atoms with van der Waals surface area (Å²) < 4.78 is 12.6. The molecule has 1 fully saturated rings. The predicted molar refractivity (Wildman–Crippen MR) is 190 cm³/mol. The highest BCUT2D eigenvalue weighted by atomic mass is 79.9. The number of nitrogens with one attached hydrogen (secondary N) is 1. The fraction of sp³-hybridized carbons (Fsp3) is 0.444. The second-order valence-corrected chi connectivity index (χ2v) is 14.2. The largest absolute Gasteiger partial charge is 0.488 e. The van der Waals surface area contributed by atoms with Crippen LogP contribution in [0.4, 0.5) is 10.5 Å². The fourth-order valence-electron chi connectivity index (χ4n) is 5.95. The lowest BCUT2D eigenvalue weighted by molar-refractivity contribution is -0.130. The first-order valence-corrected chi connectivity index (χ1v) is 17.2. The zero-order chi connectivity index (χ0) is 35.5. The molecule has 5 rings (SSSR count). The molecule has 2 atom stereocenters. The van der Waals surface area contributed by atoms with E-state index in [2.05, 4.69) is 26.1 Å². The Balaban J connectivity index is 1.47. The van der Waals surface area contributed by atoms with Crippen LogP contribution < -0.4 is 15.0 Å². The zero-order valence-electron chi connectivity index (χ0n) is 28.6. The summed E-state index contributed by atoms with van der Waals surface area (Å²) in [4.78, 5) is 61.2. The molecule has 4 amide bonds. The third-order valence-corrected chi connectivity index (χ3v) is 9.49. The minimum absolute atomic E-state index is 0.0548. The van der Waals surface area contributed by atoms with E-state index in [0.29, 0.717) is 44.0 Å². The SMILES string of the molecule is C[C@@H](C(=O)N[C@H]1COc2c(C(=O)N3CCN(CCO)CC3)cccc2N(Cc2ccc(Br)c3ccccc23)C1=O)N(C)C(=O)OC(C)(C)C. The number of likely N-dealkylation sites (N-methyl/N-ethyl adjacent to an activating group) is 1. The van der Waals surface area contributed by atoms with Crippen molar-refractivity contribution in [1.29, 1.82) is 0 Å². The Kier molecular flexibility index (Phi) is 11.2. The number of amides is 4. The van der Waals surface area contributed by atoms with Gasteiger partial charge in [-0.15, -0.1) is 0 Å². The number of carbonyl (C=O) groups is 4. The quantitative estimate of drug-likeness (QED) is 0.355. The molecule has 13 heteroatoms. The lowest BCUT2D eigenvalue weighted by Crippen LogP contribution is -2.55. The van der Waals surface area contributed by atoms with Gasteiger partial charge in [-0.2, -0.15) is 0 Å². The van der Waals surface area contributed by atoms with Gasteiger partial charge in [0.2, 0.25) is 5.91 Å². The first kappa shape index (κ1) is 36.1. The van der Waals surface area contributed by atoms with E-state index in [9.17, 15) is 24.3 Å². The molecule has 1 saturated heterocycles. The highest BCUT2D eigenvalue weighted by Gasteiger charge is 2.37. The van der Waals surface area contributed by atoms with Crippen molar-refractivity contribution in [2.75, 3.05) is 57.9 Å². The van der Waals surface area contributed by atoms with Crippen LogP contribution in [0.5, 0.6) is 5.75 Å². The van der Waals surface area contributed by atoms with Gasteiger partial charge in [0.05, 0.1) is 24.4 Å². The molecule has 0 spiro atoms. The van der Waals surface area contributed by atoms with Crippen LogP contribution in [-0.4, -0.2) is 114 Å². The molecule has 0 saturated carbocycles. The second kappa shape index (κ2) is 15.1. The summed E-state index contributed by atoms with van der Waals surface area (Å²) >= 11 is 3.63. The van der Waals surface area contributed by atoms with E-state index < -0.39 is 35.6 Å². The fourth-order valence-corrected chi connectivity index (χ4v) is 6.43. The Morgan fingerprint density at radius 3 is 2.41 bits per heavy atom. The van der Waals surface area contributed by atoms with Crippen LogP contribution in [0.25, 0.3) is 10.8 Å². The van der Waals surface area contributed by atoms with E-state index in [0.717, 1.165) is 20.8 Å². The van der Waals surface area contributed by atoms with Gasteiger partial charge in [-0.3, -0.25) is 24.2 Å². The smallest absolute Gasteiger partial charge is 0.410 e. The van der Waals surface area contributed by atoms with Crippen LogP contribution >= 0.6 is 15.9 Å². The van der Waals surface area contributed by atoms with E-state index in [-0.39, 0.29) is 31.4 Å². The van der Waals surface area contributed by atoms with Crippen LogP contribution in [0, 0.1) is 0 Å². The number of hydrogen-bond donors (Lipinski definition) is 2. The maximum absolute atomic E-state index is 14.4. The van der Waals surface area contributed by atoms with E-state index >= 15 is 0 Å². The number of piperazine rings is 1. The summed E-state index contributed by atoms with van der Waals surface area (Å²) in [5.74, 6) is -0.950. The molecule has 12 nitrogen and oxygen atoms in total. The average Bonchev–Trinajstić information content (AvgIpc) is 3.20. The highest BCUT2D eigenvalue weighted by Crippen LogP contribution is 2.38. The Morgan fingerprint density at radius 1 is 1.04 bits per heavy atom. The first-order valence-electron chi connectivity index (χ1n) is 16.4. The van der Waals surface area contributed by atoms with Gasteiger partial charge in [-0.1, -0.05) is 52.3 Å². The van der Waals surface area contributed by atoms with Crippen LogP contribution in [0.15, 0.2) is 59.1 Å². The zero-order valence-corrected chi connectivity index (χ0v) is 30.2. The number of halogens is 1. The number of anilines is 1. The molecule has 2 aliphatic heterocycles. The van der Waals surface area contributed by atoms with Gasteiger partial charge in [0, 0.05) is 44.2 Å². The van der Waals surface area contributed by atoms with E-state index in [1.807, 2.05) is 36.4 Å². The molecular weight excluding hydrogens is 694 g/mol. The molecule has 0 aliphatic carbocycles. The van der Waals surface area contributed by atoms with Crippen molar-refractivity contribution >= 4 is 56.2 Å². The summed E-state index contributed by atoms with van der Waals surface area (Å²) in [7, 11) is 1.46. The lowest BCUT2D eigenvalue weighted by atomic mass is 10.0. The van der Waals surface area contributed by atoms with E-state index in [1.54, 1.807) is 55.7 Å². The van der Waals surface area contributed by atoms with Crippen LogP contribution in [-0.2, 0) is 20.9 Å². The molecule has 3 aromatic carbocycles. The number of fused-ring (bicyclic) bond motifs is 2. The third kappa shape index (κ3) is 8.17. The molecule has 3 aromatic rings. The van der Waals surface area contributed by atoms with Crippen molar-refractivity contribution in [3.05, 3.63) is 70.2 Å². The highest BCUT2D eigenvalue weighted by molar-refractivity contribution is 9.10. The third-order valence-electron chi connectivity index (χ3n) is 8.80. The molecule has 0 bridgehead atoms. The number of ether oxygens (including phenoxy) is 2. The van der Waals surface area contributed by atoms with Crippen molar-refractivity contribution in [3.63, 3.8) is 0 Å². The first-order chi connectivity index (χ1) is 23.3. The van der Waals surface area contributed by atoms with Crippen LogP contribution in [0.1, 0.15) is 43.6 Å². The molecule has 2 heterocycles. The monoisotopic (exact) mass is 737 g/mol. The standard InChI is InChI=1S/C36H44BrN5O7/c1-23(39(5)35(47)49-36(2,3)4)32(44)38-29-22-48-31-27(33(45)41-17-15-40(16-18-41)19-20-43)11-8-12-30(31)42(34(29)46)21-24-13-14-28(37)26-10-7-6-9-25(24)26/h6-14,23,29,43H,15-22H2,1-5H3,(H,38,44)/t23-,29-/m0/s1. The molecule has 49 heavy (non-hydrogen) atoms. The molecule has 2 aliphatic rings. The Labute approximate surface area is 295 Å². The number of β-amino-alcohol motifs (C(OH)–C–C–N with tert-alkyl or cyclic N) is 1. The van der Waals surface area contributed by atoms with Crippen molar-refractivity contribution in [2.24, 2.45) is 0 Å². The van der Waals surface area contributed by atoms with Gasteiger partial charge >= 0.3 is 6.09 Å². The van der Waals surface area contributed by atoms with Gasteiger partial charge in [0.25, 0.3) is 11.8 Å².